The molecule has 5 heteroatoms. The van der Waals surface area contributed by atoms with Crippen LogP contribution in [0, 0.1) is 5.92 Å². The monoisotopic (exact) mass is 238 g/mol. The molecular formula is C12H22N4O. The molecule has 1 unspecified atom stereocenters. The van der Waals surface area contributed by atoms with Crippen molar-refractivity contribution in [2.24, 2.45) is 11.7 Å². The van der Waals surface area contributed by atoms with Crippen molar-refractivity contribution in [1.82, 2.24) is 14.8 Å². The summed E-state index contributed by atoms with van der Waals surface area (Å²) in [6.45, 7) is 6.93. The summed E-state index contributed by atoms with van der Waals surface area (Å²) in [6, 6.07) is -0.0648. The number of rotatable bonds is 7. The lowest BCUT2D eigenvalue weighted by Gasteiger charge is -2.14. The molecule has 0 aliphatic carbocycles. The third-order valence-electron chi connectivity index (χ3n) is 2.81. The highest BCUT2D eigenvalue weighted by atomic mass is 16.1. The van der Waals surface area contributed by atoms with Gasteiger partial charge >= 0.3 is 0 Å². The summed E-state index contributed by atoms with van der Waals surface area (Å²) in [5, 5.41) is 4.10. The molecule has 1 aromatic rings. The summed E-state index contributed by atoms with van der Waals surface area (Å²) in [6.07, 6.45) is 3.23. The molecule has 1 aromatic heterocycles. The molecule has 17 heavy (non-hydrogen) atoms. The van der Waals surface area contributed by atoms with Gasteiger partial charge in [0.15, 0.2) is 0 Å². The van der Waals surface area contributed by atoms with Gasteiger partial charge in [-0.1, -0.05) is 20.8 Å². The Hall–Kier alpha value is -1.23. The van der Waals surface area contributed by atoms with Gasteiger partial charge < -0.3 is 5.73 Å². The summed E-state index contributed by atoms with van der Waals surface area (Å²) in [5.41, 5.74) is 5.88. The molecule has 0 saturated heterocycles. The van der Waals surface area contributed by atoms with Crippen molar-refractivity contribution < 1.29 is 4.79 Å². The fourth-order valence-electron chi connectivity index (χ4n) is 1.57. The van der Waals surface area contributed by atoms with E-state index in [2.05, 4.69) is 17.0 Å². The SMILES string of the molecule is CCCn1ncnc1CC(=O)CC(N)C(C)C. The van der Waals surface area contributed by atoms with Gasteiger partial charge in [-0.15, -0.1) is 0 Å². The van der Waals surface area contributed by atoms with Crippen molar-refractivity contribution in [1.29, 1.82) is 0 Å². The first-order valence-corrected chi connectivity index (χ1v) is 6.18. The number of carbonyl (C=O) groups is 1. The highest BCUT2D eigenvalue weighted by Gasteiger charge is 2.15. The zero-order valence-electron chi connectivity index (χ0n) is 10.9. The van der Waals surface area contributed by atoms with Crippen LogP contribution in [0.2, 0.25) is 0 Å². The second kappa shape index (κ2) is 6.49. The first kappa shape index (κ1) is 13.8. The van der Waals surface area contributed by atoms with Crippen LogP contribution in [0.5, 0.6) is 0 Å². The zero-order valence-corrected chi connectivity index (χ0v) is 10.9. The van der Waals surface area contributed by atoms with E-state index < -0.39 is 0 Å². The third-order valence-corrected chi connectivity index (χ3v) is 2.81. The predicted molar refractivity (Wildman–Crippen MR) is 66.5 cm³/mol. The molecule has 5 nitrogen and oxygen atoms in total. The number of hydrogen-bond acceptors (Lipinski definition) is 4. The van der Waals surface area contributed by atoms with Crippen LogP contribution >= 0.6 is 0 Å². The van der Waals surface area contributed by atoms with Crippen LogP contribution in [-0.2, 0) is 17.8 Å². The summed E-state index contributed by atoms with van der Waals surface area (Å²) < 4.78 is 1.79. The molecule has 0 aliphatic rings. The van der Waals surface area contributed by atoms with Crippen LogP contribution in [0.1, 0.15) is 39.4 Å². The van der Waals surface area contributed by atoms with E-state index >= 15 is 0 Å². The number of nitrogens with zero attached hydrogens (tertiary/aromatic N) is 3. The van der Waals surface area contributed by atoms with Gasteiger partial charge in [0, 0.05) is 19.0 Å². The van der Waals surface area contributed by atoms with E-state index in [0.717, 1.165) is 18.8 Å². The Balaban J connectivity index is 2.53. The molecule has 1 heterocycles. The van der Waals surface area contributed by atoms with Crippen molar-refractivity contribution >= 4 is 5.78 Å². The Labute approximate surface area is 102 Å². The van der Waals surface area contributed by atoms with Gasteiger partial charge in [0.05, 0.1) is 6.42 Å². The van der Waals surface area contributed by atoms with E-state index in [0.29, 0.717) is 18.8 Å². The molecule has 1 rings (SSSR count). The number of hydrogen-bond donors (Lipinski definition) is 1. The highest BCUT2D eigenvalue weighted by molar-refractivity contribution is 5.80. The number of nitrogens with two attached hydrogens (primary N) is 1. The molecule has 0 aliphatic heterocycles. The fourth-order valence-corrected chi connectivity index (χ4v) is 1.57. The molecule has 0 amide bonds. The van der Waals surface area contributed by atoms with Gasteiger partial charge in [-0.3, -0.25) is 4.79 Å². The predicted octanol–water partition coefficient (Wildman–Crippen LogP) is 1.17. The van der Waals surface area contributed by atoms with E-state index in [-0.39, 0.29) is 11.8 Å². The summed E-state index contributed by atoms with van der Waals surface area (Å²) >= 11 is 0. The van der Waals surface area contributed by atoms with Gasteiger partial charge in [-0.05, 0) is 12.3 Å². The molecule has 0 fully saturated rings. The van der Waals surface area contributed by atoms with E-state index in [1.54, 1.807) is 4.68 Å². The van der Waals surface area contributed by atoms with Gasteiger partial charge in [-0.2, -0.15) is 5.10 Å². The van der Waals surface area contributed by atoms with Crippen LogP contribution in [0.3, 0.4) is 0 Å². The Kier molecular flexibility index (Phi) is 5.28. The smallest absolute Gasteiger partial charge is 0.142 e. The molecule has 0 saturated carbocycles. The molecule has 2 N–H and O–H groups in total. The lowest BCUT2D eigenvalue weighted by Crippen LogP contribution is -2.30. The second-order valence-corrected chi connectivity index (χ2v) is 4.73. The molecule has 96 valence electrons. The van der Waals surface area contributed by atoms with Crippen molar-refractivity contribution in [2.45, 2.75) is 52.6 Å². The van der Waals surface area contributed by atoms with E-state index in [4.69, 9.17) is 5.73 Å². The zero-order chi connectivity index (χ0) is 12.8. The topological polar surface area (TPSA) is 73.8 Å². The second-order valence-electron chi connectivity index (χ2n) is 4.73. The number of aryl methyl sites for hydroxylation is 1. The first-order valence-electron chi connectivity index (χ1n) is 6.18. The molecule has 0 radical (unpaired) electrons. The van der Waals surface area contributed by atoms with Crippen molar-refractivity contribution in [3.63, 3.8) is 0 Å². The van der Waals surface area contributed by atoms with E-state index in [1.165, 1.54) is 6.33 Å². The average molecular weight is 238 g/mol. The number of ketones is 1. The summed E-state index contributed by atoms with van der Waals surface area (Å²) in [7, 11) is 0. The van der Waals surface area contributed by atoms with E-state index in [9.17, 15) is 4.79 Å². The van der Waals surface area contributed by atoms with Crippen molar-refractivity contribution in [3.8, 4) is 0 Å². The molecule has 1 atom stereocenters. The first-order chi connectivity index (χ1) is 8.04. The van der Waals surface area contributed by atoms with Gasteiger partial charge in [0.25, 0.3) is 0 Å². The van der Waals surface area contributed by atoms with Crippen LogP contribution < -0.4 is 5.73 Å². The summed E-state index contributed by atoms with van der Waals surface area (Å²) in [5.74, 6) is 1.21. The Morgan fingerprint density at radius 2 is 2.24 bits per heavy atom. The lowest BCUT2D eigenvalue weighted by molar-refractivity contribution is -0.119. The maximum absolute atomic E-state index is 11.8. The standard InChI is InChI=1S/C12H22N4O/c1-4-5-16-12(14-8-15-16)7-10(17)6-11(13)9(2)3/h8-9,11H,4-7,13H2,1-3H3. The van der Waals surface area contributed by atoms with Crippen LogP contribution in [-0.4, -0.2) is 26.6 Å². The minimum Gasteiger partial charge on any atom is -0.327 e. The molecular weight excluding hydrogens is 216 g/mol. The van der Waals surface area contributed by atoms with Crippen LogP contribution in [0.15, 0.2) is 6.33 Å². The van der Waals surface area contributed by atoms with Crippen LogP contribution in [0.25, 0.3) is 0 Å². The Morgan fingerprint density at radius 1 is 1.53 bits per heavy atom. The van der Waals surface area contributed by atoms with Crippen molar-refractivity contribution in [2.75, 3.05) is 0 Å². The highest BCUT2D eigenvalue weighted by Crippen LogP contribution is 2.06. The normalized spacial score (nSPS) is 13.0. The Morgan fingerprint density at radius 3 is 2.82 bits per heavy atom. The van der Waals surface area contributed by atoms with Gasteiger partial charge in [0.1, 0.15) is 17.9 Å². The number of carbonyl (C=O) groups excluding carboxylic acids is 1. The maximum atomic E-state index is 11.8. The van der Waals surface area contributed by atoms with Crippen LogP contribution in [0.4, 0.5) is 0 Å². The summed E-state index contributed by atoms with van der Waals surface area (Å²) in [4.78, 5) is 15.9. The fraction of sp³-hybridized carbons (Fsp3) is 0.750. The molecule has 0 bridgehead atoms. The largest absolute Gasteiger partial charge is 0.327 e. The third kappa shape index (κ3) is 4.26. The van der Waals surface area contributed by atoms with E-state index in [1.807, 2.05) is 13.8 Å². The minimum absolute atomic E-state index is 0.0648. The quantitative estimate of drug-likeness (QED) is 0.774. The van der Waals surface area contributed by atoms with Gasteiger partial charge in [0.2, 0.25) is 0 Å². The Bertz CT molecular complexity index is 359. The van der Waals surface area contributed by atoms with Gasteiger partial charge in [-0.25, -0.2) is 9.67 Å². The lowest BCUT2D eigenvalue weighted by atomic mass is 9.98. The van der Waals surface area contributed by atoms with Crippen molar-refractivity contribution in [3.05, 3.63) is 12.2 Å². The molecule has 0 spiro atoms. The average Bonchev–Trinajstić information content (AvgIpc) is 2.66. The maximum Gasteiger partial charge on any atom is 0.142 e. The number of aromatic nitrogens is 3. The minimum atomic E-state index is -0.0648. The molecule has 0 aromatic carbocycles. The number of Topliss-reactive ketones (excluding diaryl/α,β-unsaturated/α-hetero) is 1.